The van der Waals surface area contributed by atoms with Crippen LogP contribution in [0.5, 0.6) is 0 Å². The van der Waals surface area contributed by atoms with Crippen molar-refractivity contribution in [3.63, 3.8) is 0 Å². The van der Waals surface area contributed by atoms with Crippen LogP contribution in [0.3, 0.4) is 0 Å². The monoisotopic (exact) mass is 327 g/mol. The molecule has 1 saturated carbocycles. The molecule has 2 unspecified atom stereocenters. The Labute approximate surface area is 118 Å². The molecule has 18 heavy (non-hydrogen) atoms. The smallest absolute Gasteiger partial charge is 0.233 e. The molecule has 0 aromatic carbocycles. The van der Waals surface area contributed by atoms with Gasteiger partial charge in [-0.05, 0) is 34.8 Å². The summed E-state index contributed by atoms with van der Waals surface area (Å²) in [6.45, 7) is 0.445. The number of carbonyl (C=O) groups excluding carboxylic acids is 2. The molecule has 5 heteroatoms. The van der Waals surface area contributed by atoms with Crippen LogP contribution in [0.1, 0.15) is 30.6 Å². The highest BCUT2D eigenvalue weighted by Crippen LogP contribution is 2.39. The molecule has 2 atom stereocenters. The Morgan fingerprint density at radius 2 is 1.83 bits per heavy atom. The van der Waals surface area contributed by atoms with Gasteiger partial charge in [0.2, 0.25) is 11.8 Å². The molecule has 1 saturated heterocycles. The first kappa shape index (κ1) is 12.4. The predicted octanol–water partition coefficient (Wildman–Crippen LogP) is 3.19. The second-order valence-electron chi connectivity index (χ2n) is 4.99. The zero-order valence-corrected chi connectivity index (χ0v) is 12.3. The average Bonchev–Trinajstić information content (AvgIpc) is 2.88. The Morgan fingerprint density at radius 1 is 1.22 bits per heavy atom. The largest absolute Gasteiger partial charge is 0.277 e. The maximum atomic E-state index is 12.3. The summed E-state index contributed by atoms with van der Waals surface area (Å²) >= 11 is 4.98. The summed E-state index contributed by atoms with van der Waals surface area (Å²) in [6.07, 6.45) is 3.94. The number of thiophene rings is 1. The van der Waals surface area contributed by atoms with Crippen molar-refractivity contribution in [1.29, 1.82) is 0 Å². The van der Waals surface area contributed by atoms with Gasteiger partial charge in [0.15, 0.2) is 0 Å². The number of nitrogens with zero attached hydrogens (tertiary/aromatic N) is 1. The molecule has 1 aromatic heterocycles. The van der Waals surface area contributed by atoms with Gasteiger partial charge in [-0.2, -0.15) is 0 Å². The number of amides is 2. The van der Waals surface area contributed by atoms with E-state index in [2.05, 4.69) is 15.9 Å². The van der Waals surface area contributed by atoms with Crippen LogP contribution in [0.15, 0.2) is 15.9 Å². The zero-order valence-electron chi connectivity index (χ0n) is 9.89. The van der Waals surface area contributed by atoms with Gasteiger partial charge in [0.1, 0.15) is 0 Å². The van der Waals surface area contributed by atoms with Crippen molar-refractivity contribution in [2.45, 2.75) is 32.2 Å². The number of hydrogen-bond donors (Lipinski definition) is 0. The summed E-state index contributed by atoms with van der Waals surface area (Å²) in [5.41, 5.74) is 0. The first-order valence-electron chi connectivity index (χ1n) is 6.25. The van der Waals surface area contributed by atoms with Gasteiger partial charge >= 0.3 is 0 Å². The number of imide groups is 1. The van der Waals surface area contributed by atoms with Crippen molar-refractivity contribution >= 4 is 39.1 Å². The Kier molecular flexibility index (Phi) is 3.28. The van der Waals surface area contributed by atoms with E-state index in [9.17, 15) is 9.59 Å². The van der Waals surface area contributed by atoms with Gasteiger partial charge in [-0.25, -0.2) is 0 Å². The molecule has 1 aliphatic heterocycles. The van der Waals surface area contributed by atoms with Crippen molar-refractivity contribution in [3.05, 3.63) is 20.8 Å². The first-order chi connectivity index (χ1) is 8.66. The van der Waals surface area contributed by atoms with Crippen LogP contribution in [0.2, 0.25) is 0 Å². The molecule has 0 radical (unpaired) electrons. The van der Waals surface area contributed by atoms with Crippen LogP contribution >= 0.6 is 27.3 Å². The molecule has 3 nitrogen and oxygen atoms in total. The third-order valence-corrected chi connectivity index (χ3v) is 5.55. The second-order valence-corrected chi connectivity index (χ2v) is 6.90. The highest BCUT2D eigenvalue weighted by Gasteiger charge is 2.47. The maximum Gasteiger partial charge on any atom is 0.233 e. The standard InChI is InChI=1S/C13H14BrNO2S/c14-8-5-9(18-7-8)6-15-12(16)10-3-1-2-4-11(10)13(15)17/h5,7,10-11H,1-4,6H2. The first-order valence-corrected chi connectivity index (χ1v) is 7.92. The van der Waals surface area contributed by atoms with Crippen LogP contribution in [-0.2, 0) is 16.1 Å². The van der Waals surface area contributed by atoms with Crippen molar-refractivity contribution in [2.24, 2.45) is 11.8 Å². The topological polar surface area (TPSA) is 37.4 Å². The van der Waals surface area contributed by atoms with Gasteiger partial charge in [-0.15, -0.1) is 11.3 Å². The molecule has 0 bridgehead atoms. The molecule has 96 valence electrons. The van der Waals surface area contributed by atoms with E-state index in [1.807, 2.05) is 11.4 Å². The third kappa shape index (κ3) is 2.03. The van der Waals surface area contributed by atoms with Crippen molar-refractivity contribution < 1.29 is 9.59 Å². The number of rotatable bonds is 2. The number of fused-ring (bicyclic) bond motifs is 1. The van der Waals surface area contributed by atoms with Gasteiger partial charge in [0.05, 0.1) is 18.4 Å². The molecule has 3 rings (SSSR count). The Bertz CT molecular complexity index is 475. The van der Waals surface area contributed by atoms with E-state index in [4.69, 9.17) is 0 Å². The zero-order chi connectivity index (χ0) is 12.7. The van der Waals surface area contributed by atoms with Crippen LogP contribution in [0.25, 0.3) is 0 Å². The van der Waals surface area contributed by atoms with Gasteiger partial charge in [0.25, 0.3) is 0 Å². The summed E-state index contributed by atoms with van der Waals surface area (Å²) in [7, 11) is 0. The molecule has 1 aromatic rings. The maximum absolute atomic E-state index is 12.3. The van der Waals surface area contributed by atoms with Crippen LogP contribution in [-0.4, -0.2) is 16.7 Å². The summed E-state index contributed by atoms with van der Waals surface area (Å²) in [5, 5.41) is 1.98. The van der Waals surface area contributed by atoms with Crippen molar-refractivity contribution in [3.8, 4) is 0 Å². The number of hydrogen-bond acceptors (Lipinski definition) is 3. The molecule has 1 aliphatic carbocycles. The molecule has 2 amide bonds. The van der Waals surface area contributed by atoms with E-state index >= 15 is 0 Å². The lowest BCUT2D eigenvalue weighted by Crippen LogP contribution is -2.30. The molecule has 2 aliphatic rings. The molecule has 0 spiro atoms. The van der Waals surface area contributed by atoms with Gasteiger partial charge in [-0.3, -0.25) is 14.5 Å². The molecule has 2 fully saturated rings. The van der Waals surface area contributed by atoms with Gasteiger partial charge in [-0.1, -0.05) is 12.8 Å². The molecular formula is C13H14BrNO2S. The van der Waals surface area contributed by atoms with Gasteiger partial charge < -0.3 is 0 Å². The number of halogens is 1. The van der Waals surface area contributed by atoms with E-state index in [1.165, 1.54) is 4.90 Å². The molecule has 2 heterocycles. The summed E-state index contributed by atoms with van der Waals surface area (Å²) in [5.74, 6) is 0.0350. The molecule has 0 N–H and O–H groups in total. The minimum atomic E-state index is -0.0327. The van der Waals surface area contributed by atoms with Crippen molar-refractivity contribution in [2.75, 3.05) is 0 Å². The average molecular weight is 328 g/mol. The highest BCUT2D eigenvalue weighted by molar-refractivity contribution is 9.10. The van der Waals surface area contributed by atoms with Crippen molar-refractivity contribution in [1.82, 2.24) is 4.90 Å². The lowest BCUT2D eigenvalue weighted by molar-refractivity contribution is -0.140. The Morgan fingerprint density at radius 3 is 2.33 bits per heavy atom. The van der Waals surface area contributed by atoms with Crippen LogP contribution in [0, 0.1) is 11.8 Å². The van der Waals surface area contributed by atoms with Crippen LogP contribution < -0.4 is 0 Å². The summed E-state index contributed by atoms with van der Waals surface area (Å²) in [4.78, 5) is 27.0. The van der Waals surface area contributed by atoms with Crippen LogP contribution in [0.4, 0.5) is 0 Å². The lowest BCUT2D eigenvalue weighted by atomic mass is 9.81. The fourth-order valence-electron chi connectivity index (χ4n) is 2.98. The highest BCUT2D eigenvalue weighted by atomic mass is 79.9. The SMILES string of the molecule is O=C1C2CCCCC2C(=O)N1Cc1cc(Br)cs1. The van der Waals surface area contributed by atoms with E-state index < -0.39 is 0 Å². The minimum Gasteiger partial charge on any atom is -0.277 e. The van der Waals surface area contributed by atoms with Gasteiger partial charge in [0, 0.05) is 14.7 Å². The van der Waals surface area contributed by atoms with E-state index in [1.54, 1.807) is 11.3 Å². The lowest BCUT2D eigenvalue weighted by Gasteiger charge is -2.19. The van der Waals surface area contributed by atoms with E-state index in [0.717, 1.165) is 35.0 Å². The quantitative estimate of drug-likeness (QED) is 0.782. The summed E-state index contributed by atoms with van der Waals surface area (Å²) in [6, 6.07) is 1.98. The fourth-order valence-corrected chi connectivity index (χ4v) is 4.42. The third-order valence-electron chi connectivity index (χ3n) is 3.87. The second kappa shape index (κ2) is 4.78. The molecular weight excluding hydrogens is 314 g/mol. The van der Waals surface area contributed by atoms with E-state index in [0.29, 0.717) is 6.54 Å². The number of carbonyl (C=O) groups is 2. The number of likely N-dealkylation sites (tertiary alicyclic amines) is 1. The minimum absolute atomic E-state index is 0.0327. The predicted molar refractivity (Wildman–Crippen MR) is 73.0 cm³/mol. The Balaban J connectivity index is 1.80. The Hall–Kier alpha value is -0.680. The van der Waals surface area contributed by atoms with E-state index in [-0.39, 0.29) is 23.7 Å². The fraction of sp³-hybridized carbons (Fsp3) is 0.538. The summed E-state index contributed by atoms with van der Waals surface area (Å²) < 4.78 is 1.01. The normalized spacial score (nSPS) is 27.7.